The smallest absolute Gasteiger partial charge is 0.0323 e. The topological polar surface area (TPSA) is 24.9 Å². The first-order valence-electron chi connectivity index (χ1n) is 6.29. The van der Waals surface area contributed by atoms with Gasteiger partial charge in [0.1, 0.15) is 0 Å². The van der Waals surface area contributed by atoms with E-state index in [4.69, 9.17) is 0 Å². The maximum absolute atomic E-state index is 4.15. The molecule has 90 valence electrons. The highest BCUT2D eigenvalue weighted by Crippen LogP contribution is 2.23. The van der Waals surface area contributed by atoms with Gasteiger partial charge < -0.3 is 5.32 Å². The van der Waals surface area contributed by atoms with Gasteiger partial charge in [-0.3, -0.25) is 4.98 Å². The molecule has 0 fully saturated rings. The number of nitrogens with zero attached hydrogens (tertiary/aromatic N) is 1. The van der Waals surface area contributed by atoms with E-state index in [1.54, 1.807) is 0 Å². The van der Waals surface area contributed by atoms with Crippen LogP contribution in [-0.4, -0.2) is 11.5 Å². The van der Waals surface area contributed by atoms with Gasteiger partial charge in [0.2, 0.25) is 0 Å². The third-order valence-electron chi connectivity index (χ3n) is 2.92. The molecule has 0 aliphatic heterocycles. The maximum Gasteiger partial charge on any atom is 0.0323 e. The second-order valence-electron chi connectivity index (χ2n) is 4.81. The van der Waals surface area contributed by atoms with Crippen molar-refractivity contribution in [3.8, 4) is 0 Å². The van der Waals surface area contributed by atoms with Gasteiger partial charge in [-0.2, -0.15) is 0 Å². The van der Waals surface area contributed by atoms with Crippen LogP contribution in [0.3, 0.4) is 0 Å². The lowest BCUT2D eigenvalue weighted by atomic mass is 9.96. The highest BCUT2D eigenvalue weighted by Gasteiger charge is 2.12. The fourth-order valence-corrected chi connectivity index (χ4v) is 1.99. The van der Waals surface area contributed by atoms with Crippen LogP contribution in [0.2, 0.25) is 0 Å². The van der Waals surface area contributed by atoms with Crippen molar-refractivity contribution in [1.82, 2.24) is 10.3 Å². The van der Waals surface area contributed by atoms with Crippen molar-refractivity contribution in [2.24, 2.45) is 5.92 Å². The molecule has 1 rings (SSSR count). The molecule has 0 aliphatic rings. The molecule has 0 amide bonds. The maximum atomic E-state index is 4.15. The first-order valence-corrected chi connectivity index (χ1v) is 6.29. The predicted octanol–water partition coefficient (Wildman–Crippen LogP) is 3.48. The summed E-state index contributed by atoms with van der Waals surface area (Å²) in [5.41, 5.74) is 2.69. The van der Waals surface area contributed by atoms with Gasteiger partial charge in [-0.15, -0.1) is 0 Å². The Hall–Kier alpha value is -0.890. The van der Waals surface area contributed by atoms with Crippen molar-refractivity contribution in [2.45, 2.75) is 46.6 Å². The first-order chi connectivity index (χ1) is 7.65. The number of aromatic nitrogens is 1. The molecule has 1 unspecified atom stereocenters. The monoisotopic (exact) mass is 220 g/mol. The summed E-state index contributed by atoms with van der Waals surface area (Å²) < 4.78 is 0. The third kappa shape index (κ3) is 3.93. The number of hydrogen-bond acceptors (Lipinski definition) is 2. The predicted molar refractivity (Wildman–Crippen MR) is 69.5 cm³/mol. The Bertz CT molecular complexity index is 307. The van der Waals surface area contributed by atoms with E-state index in [0.29, 0.717) is 6.04 Å². The molecule has 2 heteroatoms. The lowest BCUT2D eigenvalue weighted by Gasteiger charge is -2.21. The summed E-state index contributed by atoms with van der Waals surface area (Å²) in [6.45, 7) is 9.89. The zero-order valence-electron chi connectivity index (χ0n) is 11.0. The Morgan fingerprint density at radius 3 is 2.62 bits per heavy atom. The summed E-state index contributed by atoms with van der Waals surface area (Å²) in [5.74, 6) is 0.767. The fraction of sp³-hybridized carbons (Fsp3) is 0.643. The van der Waals surface area contributed by atoms with Crippen molar-refractivity contribution in [3.05, 3.63) is 29.6 Å². The molecular formula is C14H24N2. The number of hydrogen-bond donors (Lipinski definition) is 1. The number of rotatable bonds is 6. The average Bonchev–Trinajstić information content (AvgIpc) is 2.25. The summed E-state index contributed by atoms with van der Waals surface area (Å²) in [6, 6.07) is 2.62. The van der Waals surface area contributed by atoms with E-state index in [9.17, 15) is 0 Å². The van der Waals surface area contributed by atoms with Gasteiger partial charge >= 0.3 is 0 Å². The molecule has 0 aliphatic carbocycles. The Morgan fingerprint density at radius 2 is 2.06 bits per heavy atom. The molecule has 0 saturated heterocycles. The van der Waals surface area contributed by atoms with Crippen molar-refractivity contribution >= 4 is 0 Å². The van der Waals surface area contributed by atoms with Crippen LogP contribution in [0.5, 0.6) is 0 Å². The van der Waals surface area contributed by atoms with Gasteiger partial charge in [-0.25, -0.2) is 0 Å². The fourth-order valence-electron chi connectivity index (χ4n) is 1.99. The Morgan fingerprint density at radius 1 is 1.31 bits per heavy atom. The van der Waals surface area contributed by atoms with E-state index < -0.39 is 0 Å². The molecular weight excluding hydrogens is 196 g/mol. The van der Waals surface area contributed by atoms with Gasteiger partial charge in [-0.05, 0) is 49.4 Å². The first kappa shape index (κ1) is 13.2. The van der Waals surface area contributed by atoms with Gasteiger partial charge in [0, 0.05) is 18.4 Å². The quantitative estimate of drug-likeness (QED) is 0.794. The van der Waals surface area contributed by atoms with Crippen LogP contribution in [0.4, 0.5) is 0 Å². The minimum atomic E-state index is 0.482. The highest BCUT2D eigenvalue weighted by molar-refractivity contribution is 5.25. The zero-order valence-corrected chi connectivity index (χ0v) is 11.0. The summed E-state index contributed by atoms with van der Waals surface area (Å²) >= 11 is 0. The second-order valence-corrected chi connectivity index (χ2v) is 4.81. The SMILES string of the molecule is CCNC(CCC(C)C)c1ccncc1C. The highest BCUT2D eigenvalue weighted by atomic mass is 14.9. The molecule has 0 radical (unpaired) electrons. The lowest BCUT2D eigenvalue weighted by molar-refractivity contribution is 0.447. The van der Waals surface area contributed by atoms with Gasteiger partial charge in [0.05, 0.1) is 0 Å². The molecule has 2 nitrogen and oxygen atoms in total. The Kier molecular flexibility index (Phi) is 5.47. The van der Waals surface area contributed by atoms with E-state index in [1.807, 2.05) is 12.4 Å². The van der Waals surface area contributed by atoms with Gasteiger partial charge in [0.25, 0.3) is 0 Å². The van der Waals surface area contributed by atoms with Crippen LogP contribution in [0, 0.1) is 12.8 Å². The molecule has 1 aromatic heterocycles. The lowest BCUT2D eigenvalue weighted by Crippen LogP contribution is -2.22. The standard InChI is InChI=1S/C14H24N2/c1-5-16-14(7-6-11(2)3)13-8-9-15-10-12(13)4/h8-11,14,16H,5-7H2,1-4H3. The number of nitrogens with one attached hydrogen (secondary N) is 1. The summed E-state index contributed by atoms with van der Waals surface area (Å²) in [6.07, 6.45) is 6.31. The molecule has 1 N–H and O–H groups in total. The van der Waals surface area contributed by atoms with Gasteiger partial charge in [0.15, 0.2) is 0 Å². The normalized spacial score (nSPS) is 13.1. The summed E-state index contributed by atoms with van der Waals surface area (Å²) in [7, 11) is 0. The summed E-state index contributed by atoms with van der Waals surface area (Å²) in [4.78, 5) is 4.15. The minimum Gasteiger partial charge on any atom is -0.310 e. The Labute approximate surface area is 99.5 Å². The van der Waals surface area contributed by atoms with Crippen LogP contribution < -0.4 is 5.32 Å². The van der Waals surface area contributed by atoms with Crippen molar-refractivity contribution in [2.75, 3.05) is 6.54 Å². The molecule has 1 aromatic rings. The van der Waals surface area contributed by atoms with E-state index in [-0.39, 0.29) is 0 Å². The van der Waals surface area contributed by atoms with E-state index in [0.717, 1.165) is 12.5 Å². The number of pyridine rings is 1. The van der Waals surface area contributed by atoms with Gasteiger partial charge in [-0.1, -0.05) is 20.8 Å². The molecule has 1 atom stereocenters. The third-order valence-corrected chi connectivity index (χ3v) is 2.92. The average molecular weight is 220 g/mol. The second kappa shape index (κ2) is 6.64. The molecule has 1 heterocycles. The molecule has 0 bridgehead atoms. The van der Waals surface area contributed by atoms with Crippen LogP contribution >= 0.6 is 0 Å². The number of aryl methyl sites for hydroxylation is 1. The molecule has 0 aromatic carbocycles. The largest absolute Gasteiger partial charge is 0.310 e. The van der Waals surface area contributed by atoms with E-state index >= 15 is 0 Å². The van der Waals surface area contributed by atoms with Crippen LogP contribution in [0.25, 0.3) is 0 Å². The van der Waals surface area contributed by atoms with Crippen molar-refractivity contribution < 1.29 is 0 Å². The van der Waals surface area contributed by atoms with E-state index in [2.05, 4.69) is 44.1 Å². The molecule has 0 spiro atoms. The zero-order chi connectivity index (χ0) is 12.0. The van der Waals surface area contributed by atoms with Crippen molar-refractivity contribution in [3.63, 3.8) is 0 Å². The molecule has 0 saturated carbocycles. The molecule has 16 heavy (non-hydrogen) atoms. The summed E-state index contributed by atoms with van der Waals surface area (Å²) in [5, 5.41) is 3.57. The Balaban J connectivity index is 2.73. The van der Waals surface area contributed by atoms with E-state index in [1.165, 1.54) is 24.0 Å². The van der Waals surface area contributed by atoms with Crippen LogP contribution in [0.1, 0.15) is 50.8 Å². The minimum absolute atomic E-state index is 0.482. The van der Waals surface area contributed by atoms with Crippen molar-refractivity contribution in [1.29, 1.82) is 0 Å². The van der Waals surface area contributed by atoms with Crippen LogP contribution in [0.15, 0.2) is 18.5 Å². The van der Waals surface area contributed by atoms with Crippen LogP contribution in [-0.2, 0) is 0 Å².